The highest BCUT2D eigenvalue weighted by molar-refractivity contribution is 5.76. The third-order valence-corrected chi connectivity index (χ3v) is 20.7. The van der Waals surface area contributed by atoms with Crippen molar-refractivity contribution in [2.45, 2.75) is 426 Å². The zero-order valence-corrected chi connectivity index (χ0v) is 65.4. The molecular weight excluding hydrogens is 1330 g/mol. The number of aliphatic hydroxyl groups is 11. The Morgan fingerprint density at radius 3 is 1.07 bits per heavy atom. The number of rotatable bonds is 67. The van der Waals surface area contributed by atoms with Crippen LogP contribution in [-0.2, 0) is 33.2 Å². The third-order valence-electron chi connectivity index (χ3n) is 20.7. The van der Waals surface area contributed by atoms with E-state index in [0.717, 1.165) is 70.6 Å². The van der Waals surface area contributed by atoms with Gasteiger partial charge in [0.15, 0.2) is 18.9 Å². The first-order chi connectivity index (χ1) is 51.3. The van der Waals surface area contributed by atoms with Gasteiger partial charge in [-0.15, -0.1) is 0 Å². The zero-order valence-electron chi connectivity index (χ0n) is 65.4. The van der Waals surface area contributed by atoms with Gasteiger partial charge < -0.3 is 89.9 Å². The lowest BCUT2D eigenvalue weighted by Gasteiger charge is -2.48. The summed E-state index contributed by atoms with van der Waals surface area (Å²) in [4.78, 5) is 13.5. The van der Waals surface area contributed by atoms with Gasteiger partial charge in [-0.1, -0.05) is 324 Å². The van der Waals surface area contributed by atoms with Crippen molar-refractivity contribution in [2.24, 2.45) is 0 Å². The van der Waals surface area contributed by atoms with Crippen molar-refractivity contribution in [3.05, 3.63) is 85.1 Å². The van der Waals surface area contributed by atoms with Crippen molar-refractivity contribution in [1.82, 2.24) is 5.32 Å². The fourth-order valence-corrected chi connectivity index (χ4v) is 13.9. The van der Waals surface area contributed by atoms with E-state index in [1.165, 1.54) is 218 Å². The molecule has 0 spiro atoms. The Bertz CT molecular complexity index is 2230. The van der Waals surface area contributed by atoms with Crippen LogP contribution in [0.4, 0.5) is 0 Å². The summed E-state index contributed by atoms with van der Waals surface area (Å²) in [5, 5.41) is 121. The van der Waals surface area contributed by atoms with Gasteiger partial charge in [-0.05, 0) is 77.0 Å². The Kier molecular flexibility index (Phi) is 60.1. The first-order valence-corrected chi connectivity index (χ1v) is 42.3. The van der Waals surface area contributed by atoms with Crippen LogP contribution < -0.4 is 5.32 Å². The van der Waals surface area contributed by atoms with Crippen molar-refractivity contribution in [3.63, 3.8) is 0 Å². The van der Waals surface area contributed by atoms with Crippen LogP contribution in [0, 0.1) is 0 Å². The minimum atomic E-state index is -1.98. The molecule has 0 aliphatic carbocycles. The van der Waals surface area contributed by atoms with E-state index in [9.17, 15) is 61.0 Å². The maximum atomic E-state index is 13.5. The minimum absolute atomic E-state index is 0.232. The predicted octanol–water partition coefficient (Wildman–Crippen LogP) is 15.0. The van der Waals surface area contributed by atoms with Gasteiger partial charge >= 0.3 is 0 Å². The van der Waals surface area contributed by atoms with E-state index in [4.69, 9.17) is 28.4 Å². The van der Waals surface area contributed by atoms with Crippen LogP contribution in [0.15, 0.2) is 85.1 Å². The molecule has 0 aromatic rings. The maximum Gasteiger partial charge on any atom is 0.220 e. The molecule has 1 amide bonds. The third kappa shape index (κ3) is 45.2. The summed E-state index contributed by atoms with van der Waals surface area (Å²) >= 11 is 0. The number of carbonyl (C=O) groups is 1. The van der Waals surface area contributed by atoms with Crippen molar-refractivity contribution in [3.8, 4) is 0 Å². The number of hydrogen-bond acceptors (Lipinski definition) is 18. The number of aliphatic hydroxyl groups excluding tert-OH is 11. The zero-order chi connectivity index (χ0) is 76.0. The summed E-state index contributed by atoms with van der Waals surface area (Å²) in [6.07, 6.45) is 61.5. The van der Waals surface area contributed by atoms with Gasteiger partial charge in [0.25, 0.3) is 0 Å². The van der Waals surface area contributed by atoms with Crippen molar-refractivity contribution < 1.29 is 89.4 Å². The average molecular weight is 1490 g/mol. The lowest BCUT2D eigenvalue weighted by Crippen LogP contribution is -2.66. The number of allylic oxidation sites excluding steroid dienone is 13. The Balaban J connectivity index is 1.37. The van der Waals surface area contributed by atoms with E-state index in [2.05, 4.69) is 92.1 Å². The monoisotopic (exact) mass is 1490 g/mol. The summed E-state index contributed by atoms with van der Waals surface area (Å²) in [6.45, 7) is 1.64. The summed E-state index contributed by atoms with van der Waals surface area (Å²) < 4.78 is 34.5. The summed E-state index contributed by atoms with van der Waals surface area (Å²) in [6, 6.07) is -0.996. The first-order valence-electron chi connectivity index (χ1n) is 42.3. The second-order valence-electron chi connectivity index (χ2n) is 29.9. The number of carbonyl (C=O) groups excluding carboxylic acids is 1. The molecule has 0 aromatic heterocycles. The Morgan fingerprint density at radius 2 is 0.667 bits per heavy atom. The predicted molar refractivity (Wildman–Crippen MR) is 420 cm³/mol. The van der Waals surface area contributed by atoms with Gasteiger partial charge in [-0.3, -0.25) is 4.79 Å². The molecule has 19 heteroatoms. The van der Waals surface area contributed by atoms with Crippen molar-refractivity contribution in [1.29, 1.82) is 0 Å². The Morgan fingerprint density at radius 1 is 0.352 bits per heavy atom. The molecule has 3 aliphatic rings. The summed E-state index contributed by atoms with van der Waals surface area (Å²) in [7, 11) is 0. The van der Waals surface area contributed by atoms with Gasteiger partial charge in [0, 0.05) is 6.42 Å². The summed E-state index contributed by atoms with van der Waals surface area (Å²) in [5.74, 6) is -0.284. The average Bonchev–Trinajstić information content (AvgIpc) is 0.781. The van der Waals surface area contributed by atoms with E-state index in [1.807, 2.05) is 6.08 Å². The molecule has 105 heavy (non-hydrogen) atoms. The fourth-order valence-electron chi connectivity index (χ4n) is 13.9. The second kappa shape index (κ2) is 65.7. The number of nitrogens with one attached hydrogen (secondary N) is 1. The Hall–Kier alpha value is -3.03. The highest BCUT2D eigenvalue weighted by Gasteiger charge is 2.54. The van der Waals surface area contributed by atoms with Gasteiger partial charge in [0.2, 0.25) is 5.91 Å². The molecule has 3 saturated heterocycles. The normalized spacial score (nSPS) is 26.2. The van der Waals surface area contributed by atoms with Gasteiger partial charge in [0.05, 0.1) is 38.6 Å². The number of amides is 1. The largest absolute Gasteiger partial charge is 0.394 e. The molecule has 12 N–H and O–H groups in total. The summed E-state index contributed by atoms with van der Waals surface area (Å²) in [5.41, 5.74) is 0. The standard InChI is InChI=1S/C86H153NO18/c1-3-5-7-9-11-13-15-17-19-21-23-25-27-29-31-33-34-36-38-40-42-44-46-48-50-52-54-56-58-60-62-64-74(92)87-69(70(91)63-61-59-57-55-53-51-49-47-45-43-41-39-37-35-32-30-28-26-24-22-20-18-16-14-12-10-8-6-4-2)68-100-84-80(98)77(95)82(72(66-89)102-84)105-86-81(99)78(96)83(73(67-90)103-86)104-85-79(97)76(94)75(93)71(65-88)101-85/h5,7,11,13,17,19,23,25,29,31,53,55,61,63,69-73,75-86,88-91,93-99H,3-4,6,8-10,12,14-16,18,20-22,24,26-28,30,32-52,54,56-60,62,64-68H2,1-2H3,(H,87,92)/b7-5-,13-11-,19-17-,25-23-,31-29-,55-53+,63-61+. The van der Waals surface area contributed by atoms with E-state index in [0.29, 0.717) is 12.8 Å². The van der Waals surface area contributed by atoms with Crippen LogP contribution in [0.5, 0.6) is 0 Å². The topological polar surface area (TPSA) is 307 Å². The molecule has 19 nitrogen and oxygen atoms in total. The highest BCUT2D eigenvalue weighted by Crippen LogP contribution is 2.33. The Labute approximate surface area is 635 Å². The van der Waals surface area contributed by atoms with Gasteiger partial charge in [0.1, 0.15) is 73.2 Å². The van der Waals surface area contributed by atoms with Crippen molar-refractivity contribution >= 4 is 5.91 Å². The van der Waals surface area contributed by atoms with Crippen LogP contribution in [0.2, 0.25) is 0 Å². The SMILES string of the molecule is CC/C=C\C/C=C\C/C=C\C/C=C\C/C=C\CCCCCCCCCCCCCCCCCC(=O)NC(COC1OC(CO)C(OC2OC(CO)C(OC3OC(CO)C(O)C(O)C3O)C(O)C2O)C(O)C1O)C(O)/C=C/CC/C=C/CCCCCCCCCCCCCCCCCCCCCCCCC. The molecule has 3 fully saturated rings. The van der Waals surface area contributed by atoms with Crippen LogP contribution >= 0.6 is 0 Å². The lowest BCUT2D eigenvalue weighted by molar-refractivity contribution is -0.379. The van der Waals surface area contributed by atoms with Crippen LogP contribution in [0.25, 0.3) is 0 Å². The second-order valence-corrected chi connectivity index (χ2v) is 29.9. The quantitative estimate of drug-likeness (QED) is 0.0199. The molecule has 3 aliphatic heterocycles. The molecule has 3 rings (SSSR count). The molecule has 17 atom stereocenters. The maximum absolute atomic E-state index is 13.5. The fraction of sp³-hybridized carbons (Fsp3) is 0.826. The number of unbranched alkanes of at least 4 members (excludes halogenated alkanes) is 39. The molecule has 0 aromatic carbocycles. The van der Waals surface area contributed by atoms with E-state index in [-0.39, 0.29) is 18.9 Å². The van der Waals surface area contributed by atoms with Gasteiger partial charge in [-0.25, -0.2) is 0 Å². The smallest absolute Gasteiger partial charge is 0.220 e. The molecule has 3 heterocycles. The molecule has 0 saturated carbocycles. The highest BCUT2D eigenvalue weighted by atomic mass is 16.8. The molecule has 610 valence electrons. The van der Waals surface area contributed by atoms with E-state index < -0.39 is 124 Å². The minimum Gasteiger partial charge on any atom is -0.394 e. The van der Waals surface area contributed by atoms with Crippen LogP contribution in [0.1, 0.15) is 322 Å². The number of ether oxygens (including phenoxy) is 6. The molecule has 0 radical (unpaired) electrons. The lowest BCUT2D eigenvalue weighted by atomic mass is 9.96. The van der Waals surface area contributed by atoms with Crippen LogP contribution in [0.3, 0.4) is 0 Å². The molecular formula is C86H153NO18. The molecule has 0 bridgehead atoms. The molecule has 17 unspecified atom stereocenters. The first kappa shape index (κ1) is 96.2. The van der Waals surface area contributed by atoms with E-state index in [1.54, 1.807) is 6.08 Å². The van der Waals surface area contributed by atoms with Crippen LogP contribution in [-0.4, -0.2) is 193 Å². The van der Waals surface area contributed by atoms with Gasteiger partial charge in [-0.2, -0.15) is 0 Å². The number of hydrogen-bond donors (Lipinski definition) is 12. The van der Waals surface area contributed by atoms with Crippen molar-refractivity contribution in [2.75, 3.05) is 26.4 Å². The van der Waals surface area contributed by atoms with E-state index >= 15 is 0 Å².